The summed E-state index contributed by atoms with van der Waals surface area (Å²) in [7, 11) is 0. The fourth-order valence-corrected chi connectivity index (χ4v) is 4.20. The highest BCUT2D eigenvalue weighted by molar-refractivity contribution is 5.94. The summed E-state index contributed by atoms with van der Waals surface area (Å²) in [6.07, 6.45) is 0.892. The molecule has 0 bridgehead atoms. The lowest BCUT2D eigenvalue weighted by molar-refractivity contribution is -0.137. The molecule has 3 heterocycles. The molecule has 3 aromatic rings. The van der Waals surface area contributed by atoms with E-state index in [1.165, 1.54) is 18.3 Å². The average molecular weight is 483 g/mol. The first-order valence-corrected chi connectivity index (χ1v) is 11.4. The van der Waals surface area contributed by atoms with E-state index in [-0.39, 0.29) is 30.8 Å². The minimum atomic E-state index is -4.36. The standard InChI is InChI=1S/C26H25F3N4O2/c27-26(28,29)20-10-8-18(9-11-20)16-21-5-1-6-22(32-21)23-7-3-15-33(23)24(34)12-14-31-25(35)19-4-2-13-30-17-19/h1-2,4-6,8-11,13,17,23H,3,7,12,14-16H2,(H,31,35). The number of nitrogens with zero attached hydrogens (tertiary/aromatic N) is 3. The van der Waals surface area contributed by atoms with Crippen molar-refractivity contribution in [2.75, 3.05) is 13.1 Å². The molecule has 4 rings (SSSR count). The number of hydrogen-bond donors (Lipinski definition) is 1. The van der Waals surface area contributed by atoms with E-state index < -0.39 is 11.7 Å². The average Bonchev–Trinajstić information content (AvgIpc) is 3.35. The lowest BCUT2D eigenvalue weighted by Crippen LogP contribution is -2.34. The Bertz CT molecular complexity index is 1170. The van der Waals surface area contributed by atoms with Gasteiger partial charge in [0.05, 0.1) is 22.9 Å². The van der Waals surface area contributed by atoms with Crippen molar-refractivity contribution < 1.29 is 22.8 Å². The lowest BCUT2D eigenvalue weighted by atomic mass is 10.1. The maximum Gasteiger partial charge on any atom is 0.416 e. The first-order chi connectivity index (χ1) is 16.8. The van der Waals surface area contributed by atoms with Crippen molar-refractivity contribution in [3.05, 3.63) is 95.1 Å². The van der Waals surface area contributed by atoms with Crippen LogP contribution in [-0.2, 0) is 17.4 Å². The van der Waals surface area contributed by atoms with E-state index in [9.17, 15) is 22.8 Å². The van der Waals surface area contributed by atoms with E-state index in [2.05, 4.69) is 10.3 Å². The van der Waals surface area contributed by atoms with Gasteiger partial charge >= 0.3 is 6.18 Å². The van der Waals surface area contributed by atoms with E-state index >= 15 is 0 Å². The number of amides is 2. The minimum Gasteiger partial charge on any atom is -0.351 e. The molecule has 9 heteroatoms. The molecule has 1 atom stereocenters. The van der Waals surface area contributed by atoms with Crippen molar-refractivity contribution in [2.45, 2.75) is 37.9 Å². The summed E-state index contributed by atoms with van der Waals surface area (Å²) >= 11 is 0. The number of benzene rings is 1. The Morgan fingerprint density at radius 3 is 2.57 bits per heavy atom. The van der Waals surface area contributed by atoms with Gasteiger partial charge in [0.2, 0.25) is 5.91 Å². The molecule has 6 nitrogen and oxygen atoms in total. The molecule has 1 aliphatic heterocycles. The van der Waals surface area contributed by atoms with Gasteiger partial charge in [-0.15, -0.1) is 0 Å². The van der Waals surface area contributed by atoms with Gasteiger partial charge in [-0.25, -0.2) is 0 Å². The number of aromatic nitrogens is 2. The van der Waals surface area contributed by atoms with Crippen LogP contribution in [0.15, 0.2) is 67.0 Å². The zero-order valence-electron chi connectivity index (χ0n) is 19.0. The number of halogens is 3. The summed E-state index contributed by atoms with van der Waals surface area (Å²) in [6.45, 7) is 0.835. The van der Waals surface area contributed by atoms with Crippen LogP contribution in [0.5, 0.6) is 0 Å². The number of pyridine rings is 2. The molecule has 1 fully saturated rings. The smallest absolute Gasteiger partial charge is 0.351 e. The molecule has 2 amide bonds. The van der Waals surface area contributed by atoms with E-state index in [0.29, 0.717) is 18.5 Å². The summed E-state index contributed by atoms with van der Waals surface area (Å²) in [5, 5.41) is 2.75. The zero-order valence-corrected chi connectivity index (χ0v) is 19.0. The molecule has 182 valence electrons. The van der Waals surface area contributed by atoms with Crippen LogP contribution >= 0.6 is 0 Å². The number of rotatable bonds is 7. The van der Waals surface area contributed by atoms with Crippen molar-refractivity contribution in [1.82, 2.24) is 20.2 Å². The third-order valence-electron chi connectivity index (χ3n) is 5.96. The SMILES string of the molecule is O=C(NCCC(=O)N1CCCC1c1cccc(Cc2ccc(C(F)(F)F)cc2)n1)c1cccnc1. The highest BCUT2D eigenvalue weighted by Gasteiger charge is 2.31. The molecule has 1 N–H and O–H groups in total. The van der Waals surface area contributed by atoms with E-state index in [1.807, 2.05) is 18.2 Å². The Labute approximate surface area is 201 Å². The molecular weight excluding hydrogens is 457 g/mol. The Morgan fingerprint density at radius 2 is 1.86 bits per heavy atom. The second-order valence-corrected chi connectivity index (χ2v) is 8.42. The number of hydrogen-bond acceptors (Lipinski definition) is 4. The van der Waals surface area contributed by atoms with E-state index in [4.69, 9.17) is 4.98 Å². The van der Waals surface area contributed by atoms with Crippen LogP contribution in [0.4, 0.5) is 13.2 Å². The monoisotopic (exact) mass is 482 g/mol. The summed E-state index contributed by atoms with van der Waals surface area (Å²) in [4.78, 5) is 35.4. The summed E-state index contributed by atoms with van der Waals surface area (Å²) in [5.41, 5.74) is 1.98. The van der Waals surface area contributed by atoms with Crippen LogP contribution in [0.25, 0.3) is 0 Å². The van der Waals surface area contributed by atoms with Crippen LogP contribution in [0.1, 0.15) is 58.2 Å². The second kappa shape index (κ2) is 10.7. The number of nitrogens with one attached hydrogen (secondary N) is 1. The first kappa shape index (κ1) is 24.4. The Morgan fingerprint density at radius 1 is 1.06 bits per heavy atom. The number of carbonyl (C=O) groups excluding carboxylic acids is 2. The quantitative estimate of drug-likeness (QED) is 0.535. The Balaban J connectivity index is 1.36. The van der Waals surface area contributed by atoms with E-state index in [0.717, 1.165) is 41.9 Å². The molecule has 1 aliphatic rings. The predicted octanol–water partition coefficient (Wildman–Crippen LogP) is 4.57. The van der Waals surface area contributed by atoms with Gasteiger partial charge in [0, 0.05) is 44.0 Å². The van der Waals surface area contributed by atoms with Crippen molar-refractivity contribution in [3.8, 4) is 0 Å². The molecule has 35 heavy (non-hydrogen) atoms. The molecule has 0 radical (unpaired) electrons. The van der Waals surface area contributed by atoms with Crippen LogP contribution < -0.4 is 5.32 Å². The summed E-state index contributed by atoms with van der Waals surface area (Å²) in [6, 6.07) is 13.8. The fourth-order valence-electron chi connectivity index (χ4n) is 4.20. The maximum absolute atomic E-state index is 12.9. The molecule has 1 saturated heterocycles. The molecule has 1 unspecified atom stereocenters. The number of alkyl halides is 3. The molecular formula is C26H25F3N4O2. The van der Waals surface area contributed by atoms with Gasteiger partial charge in [0.15, 0.2) is 0 Å². The number of likely N-dealkylation sites (tertiary alicyclic amines) is 1. The van der Waals surface area contributed by atoms with Gasteiger partial charge in [0.25, 0.3) is 5.91 Å². The third kappa shape index (κ3) is 6.23. The third-order valence-corrected chi connectivity index (χ3v) is 5.96. The van der Waals surface area contributed by atoms with Gasteiger partial charge in [-0.2, -0.15) is 13.2 Å². The summed E-state index contributed by atoms with van der Waals surface area (Å²) in [5.74, 6) is -0.338. The van der Waals surface area contributed by atoms with Gasteiger partial charge in [-0.05, 0) is 54.8 Å². The van der Waals surface area contributed by atoms with Crippen molar-refractivity contribution in [1.29, 1.82) is 0 Å². The van der Waals surface area contributed by atoms with Gasteiger partial charge in [0.1, 0.15) is 0 Å². The molecule has 1 aromatic carbocycles. The predicted molar refractivity (Wildman–Crippen MR) is 123 cm³/mol. The van der Waals surface area contributed by atoms with E-state index in [1.54, 1.807) is 23.2 Å². The topological polar surface area (TPSA) is 75.2 Å². The molecule has 0 spiro atoms. The Hall–Kier alpha value is -3.75. The molecule has 2 aromatic heterocycles. The van der Waals surface area contributed by atoms with Gasteiger partial charge in [-0.3, -0.25) is 19.6 Å². The highest BCUT2D eigenvalue weighted by atomic mass is 19.4. The van der Waals surface area contributed by atoms with Crippen LogP contribution in [0.2, 0.25) is 0 Å². The lowest BCUT2D eigenvalue weighted by Gasteiger charge is -2.25. The normalized spacial score (nSPS) is 15.7. The van der Waals surface area contributed by atoms with Crippen molar-refractivity contribution in [3.63, 3.8) is 0 Å². The minimum absolute atomic E-state index is 0.0612. The summed E-state index contributed by atoms with van der Waals surface area (Å²) < 4.78 is 38.4. The van der Waals surface area contributed by atoms with Crippen molar-refractivity contribution in [2.24, 2.45) is 0 Å². The highest BCUT2D eigenvalue weighted by Crippen LogP contribution is 2.32. The second-order valence-electron chi connectivity index (χ2n) is 8.42. The van der Waals surface area contributed by atoms with Crippen LogP contribution in [-0.4, -0.2) is 39.8 Å². The van der Waals surface area contributed by atoms with Gasteiger partial charge in [-0.1, -0.05) is 18.2 Å². The fraction of sp³-hybridized carbons (Fsp3) is 0.308. The maximum atomic E-state index is 12.9. The van der Waals surface area contributed by atoms with Crippen LogP contribution in [0.3, 0.4) is 0 Å². The first-order valence-electron chi connectivity index (χ1n) is 11.4. The largest absolute Gasteiger partial charge is 0.416 e. The van der Waals surface area contributed by atoms with Gasteiger partial charge < -0.3 is 10.2 Å². The molecule has 0 saturated carbocycles. The van der Waals surface area contributed by atoms with Crippen molar-refractivity contribution >= 4 is 11.8 Å². The number of carbonyl (C=O) groups is 2. The molecule has 0 aliphatic carbocycles. The zero-order chi connectivity index (χ0) is 24.8. The van der Waals surface area contributed by atoms with Crippen LogP contribution in [0, 0.1) is 0 Å². The Kier molecular flexibility index (Phi) is 7.43.